The summed E-state index contributed by atoms with van der Waals surface area (Å²) in [5, 5.41) is 3.04. The Balaban J connectivity index is 1.77. The number of aromatic nitrogens is 1. The predicted octanol–water partition coefficient (Wildman–Crippen LogP) is 3.29. The van der Waals surface area contributed by atoms with E-state index in [1.807, 2.05) is 48.2 Å². The molecule has 26 heavy (non-hydrogen) atoms. The van der Waals surface area contributed by atoms with E-state index in [4.69, 9.17) is 0 Å². The Hall–Kier alpha value is -2.69. The summed E-state index contributed by atoms with van der Waals surface area (Å²) in [6, 6.07) is 11.5. The molecule has 134 valence electrons. The molecule has 2 aromatic rings. The van der Waals surface area contributed by atoms with E-state index < -0.39 is 5.41 Å². The highest BCUT2D eigenvalue weighted by molar-refractivity contribution is 6.08. The first-order valence-electron chi connectivity index (χ1n) is 9.23. The van der Waals surface area contributed by atoms with E-state index in [1.54, 1.807) is 6.20 Å². The third kappa shape index (κ3) is 2.26. The molecule has 0 aliphatic carbocycles. The third-order valence-electron chi connectivity index (χ3n) is 5.79. The van der Waals surface area contributed by atoms with E-state index in [0.29, 0.717) is 18.7 Å². The van der Waals surface area contributed by atoms with Gasteiger partial charge in [-0.05, 0) is 43.0 Å². The highest BCUT2D eigenvalue weighted by atomic mass is 16.2. The van der Waals surface area contributed by atoms with Gasteiger partial charge in [-0.3, -0.25) is 14.6 Å². The molecular weight excluding hydrogens is 326 g/mol. The van der Waals surface area contributed by atoms with Gasteiger partial charge in [0.1, 0.15) is 5.69 Å². The fourth-order valence-electron chi connectivity index (χ4n) is 4.57. The number of anilines is 1. The molecule has 1 aromatic carbocycles. The lowest BCUT2D eigenvalue weighted by Crippen LogP contribution is -2.49. The molecule has 1 aromatic heterocycles. The molecule has 5 heteroatoms. The van der Waals surface area contributed by atoms with Crippen molar-refractivity contribution in [3.8, 4) is 0 Å². The largest absolute Gasteiger partial charge is 0.333 e. The molecule has 2 aliphatic rings. The zero-order valence-corrected chi connectivity index (χ0v) is 15.2. The number of likely N-dealkylation sites (tertiary alicyclic amines) is 1. The Morgan fingerprint density at radius 2 is 2.12 bits per heavy atom. The van der Waals surface area contributed by atoms with E-state index in [9.17, 15) is 9.59 Å². The number of hydrogen-bond acceptors (Lipinski definition) is 3. The van der Waals surface area contributed by atoms with E-state index in [0.717, 1.165) is 29.7 Å². The van der Waals surface area contributed by atoms with Gasteiger partial charge in [0.05, 0.1) is 11.5 Å². The first-order valence-corrected chi connectivity index (χ1v) is 9.23. The number of nitrogens with one attached hydrogen (secondary N) is 1. The number of carbonyl (C=O) groups is 2. The van der Waals surface area contributed by atoms with Gasteiger partial charge in [0, 0.05) is 18.4 Å². The van der Waals surface area contributed by atoms with Gasteiger partial charge in [-0.1, -0.05) is 37.6 Å². The van der Waals surface area contributed by atoms with E-state index in [-0.39, 0.29) is 17.9 Å². The Bertz CT molecular complexity index is 879. The summed E-state index contributed by atoms with van der Waals surface area (Å²) in [6.07, 6.45) is 4.00. The summed E-state index contributed by atoms with van der Waals surface area (Å²) in [6.45, 7) is 4.57. The maximum atomic E-state index is 13.2. The van der Waals surface area contributed by atoms with Gasteiger partial charge in [0.25, 0.3) is 5.91 Å². The van der Waals surface area contributed by atoms with Crippen molar-refractivity contribution in [2.75, 3.05) is 11.9 Å². The van der Waals surface area contributed by atoms with Crippen LogP contribution in [0.5, 0.6) is 0 Å². The minimum atomic E-state index is -0.648. The number of carbonyl (C=O) groups excluding carboxylic acids is 2. The van der Waals surface area contributed by atoms with Crippen LogP contribution in [0.1, 0.15) is 47.8 Å². The molecule has 0 bridgehead atoms. The predicted molar refractivity (Wildman–Crippen MR) is 100 cm³/mol. The molecule has 4 rings (SSSR count). The van der Waals surface area contributed by atoms with Crippen molar-refractivity contribution in [2.45, 2.75) is 44.6 Å². The van der Waals surface area contributed by atoms with Gasteiger partial charge < -0.3 is 10.2 Å². The van der Waals surface area contributed by atoms with Crippen LogP contribution in [0.15, 0.2) is 42.6 Å². The van der Waals surface area contributed by atoms with Crippen LogP contribution >= 0.6 is 0 Å². The van der Waals surface area contributed by atoms with Gasteiger partial charge >= 0.3 is 0 Å². The second-order valence-electron chi connectivity index (χ2n) is 7.19. The number of pyridine rings is 1. The second-order valence-corrected chi connectivity index (χ2v) is 7.19. The van der Waals surface area contributed by atoms with Crippen molar-refractivity contribution in [2.24, 2.45) is 0 Å². The molecule has 2 aliphatic heterocycles. The number of benzene rings is 1. The maximum absolute atomic E-state index is 13.2. The van der Waals surface area contributed by atoms with Crippen LogP contribution in [0, 0.1) is 6.92 Å². The van der Waals surface area contributed by atoms with Crippen molar-refractivity contribution in [1.29, 1.82) is 0 Å². The SMILES string of the molecule is CCC[C@@H]1N(C(=O)c2ncccc2C)CC[C@]12C(=O)Nc1ccccc12. The number of fused-ring (bicyclic) bond motifs is 2. The van der Waals surface area contributed by atoms with Crippen LogP contribution in [-0.4, -0.2) is 34.3 Å². The fraction of sp³-hybridized carbons (Fsp3) is 0.381. The number of para-hydroxylation sites is 1. The molecular formula is C21H23N3O2. The molecule has 0 saturated carbocycles. The Kier molecular flexibility index (Phi) is 4.02. The summed E-state index contributed by atoms with van der Waals surface area (Å²) >= 11 is 0. The van der Waals surface area contributed by atoms with Crippen molar-refractivity contribution in [3.63, 3.8) is 0 Å². The van der Waals surface area contributed by atoms with Gasteiger partial charge in [0.2, 0.25) is 5.91 Å². The number of amides is 2. The van der Waals surface area contributed by atoms with Crippen molar-refractivity contribution < 1.29 is 9.59 Å². The van der Waals surface area contributed by atoms with Crippen molar-refractivity contribution in [3.05, 3.63) is 59.4 Å². The summed E-state index contributed by atoms with van der Waals surface area (Å²) < 4.78 is 0. The normalized spacial score (nSPS) is 24.0. The number of rotatable bonds is 3. The molecule has 5 nitrogen and oxygen atoms in total. The molecule has 0 radical (unpaired) electrons. The first kappa shape index (κ1) is 16.8. The van der Waals surface area contributed by atoms with Crippen LogP contribution in [-0.2, 0) is 10.2 Å². The second kappa shape index (κ2) is 6.24. The van der Waals surface area contributed by atoms with E-state index in [1.165, 1.54) is 0 Å². The minimum absolute atomic E-state index is 0.0187. The van der Waals surface area contributed by atoms with Gasteiger partial charge in [-0.2, -0.15) is 0 Å². The number of hydrogen-bond donors (Lipinski definition) is 1. The third-order valence-corrected chi connectivity index (χ3v) is 5.79. The number of aryl methyl sites for hydroxylation is 1. The molecule has 2 amide bonds. The summed E-state index contributed by atoms with van der Waals surface area (Å²) in [7, 11) is 0. The van der Waals surface area contributed by atoms with Crippen molar-refractivity contribution >= 4 is 17.5 Å². The summed E-state index contributed by atoms with van der Waals surface area (Å²) in [4.78, 5) is 32.5. The molecule has 1 fully saturated rings. The summed E-state index contributed by atoms with van der Waals surface area (Å²) in [5.74, 6) is -0.0548. The zero-order valence-electron chi connectivity index (χ0n) is 15.2. The molecule has 2 atom stereocenters. The Morgan fingerprint density at radius 1 is 1.31 bits per heavy atom. The average Bonchev–Trinajstić information content (AvgIpc) is 3.15. The Labute approximate surface area is 153 Å². The lowest BCUT2D eigenvalue weighted by atomic mass is 9.73. The highest BCUT2D eigenvalue weighted by Gasteiger charge is 2.58. The lowest BCUT2D eigenvalue weighted by molar-refractivity contribution is -0.121. The summed E-state index contributed by atoms with van der Waals surface area (Å²) in [5.41, 5.74) is 2.60. The first-order chi connectivity index (χ1) is 12.6. The zero-order chi connectivity index (χ0) is 18.3. The van der Waals surface area contributed by atoms with E-state index in [2.05, 4.69) is 17.2 Å². The Morgan fingerprint density at radius 3 is 2.88 bits per heavy atom. The van der Waals surface area contributed by atoms with Crippen LogP contribution in [0.25, 0.3) is 0 Å². The van der Waals surface area contributed by atoms with Crippen LogP contribution in [0.4, 0.5) is 5.69 Å². The van der Waals surface area contributed by atoms with Crippen LogP contribution < -0.4 is 5.32 Å². The van der Waals surface area contributed by atoms with Crippen LogP contribution in [0.3, 0.4) is 0 Å². The quantitative estimate of drug-likeness (QED) is 0.925. The smallest absolute Gasteiger partial charge is 0.273 e. The highest BCUT2D eigenvalue weighted by Crippen LogP contribution is 2.49. The molecule has 3 heterocycles. The van der Waals surface area contributed by atoms with Crippen LogP contribution in [0.2, 0.25) is 0 Å². The molecule has 1 saturated heterocycles. The minimum Gasteiger partial charge on any atom is -0.333 e. The maximum Gasteiger partial charge on any atom is 0.273 e. The topological polar surface area (TPSA) is 62.3 Å². The molecule has 0 unspecified atom stereocenters. The van der Waals surface area contributed by atoms with Gasteiger partial charge in [-0.15, -0.1) is 0 Å². The van der Waals surface area contributed by atoms with Gasteiger partial charge in [-0.25, -0.2) is 0 Å². The van der Waals surface area contributed by atoms with Gasteiger partial charge in [0.15, 0.2) is 0 Å². The fourth-order valence-corrected chi connectivity index (χ4v) is 4.57. The molecule has 1 N–H and O–H groups in total. The van der Waals surface area contributed by atoms with Crippen molar-refractivity contribution in [1.82, 2.24) is 9.88 Å². The average molecular weight is 349 g/mol. The number of nitrogens with zero attached hydrogens (tertiary/aromatic N) is 2. The molecule has 1 spiro atoms. The standard InChI is InChI=1S/C21H23N3O2/c1-3-7-17-21(15-9-4-5-10-16(15)23-20(21)26)11-13-24(17)19(25)18-14(2)8-6-12-22-18/h4-6,8-10,12,17H,3,7,11,13H2,1-2H3,(H,23,26)/t17-,21+/m0/s1. The lowest BCUT2D eigenvalue weighted by Gasteiger charge is -2.34. The monoisotopic (exact) mass is 349 g/mol. The van der Waals surface area contributed by atoms with E-state index >= 15 is 0 Å².